The van der Waals surface area contributed by atoms with Crippen LogP contribution >= 0.6 is 0 Å². The van der Waals surface area contributed by atoms with Gasteiger partial charge in [-0.1, -0.05) is 35.5 Å². The van der Waals surface area contributed by atoms with E-state index in [1.54, 1.807) is 18.2 Å². The van der Waals surface area contributed by atoms with Gasteiger partial charge in [-0.15, -0.1) is 0 Å². The van der Waals surface area contributed by atoms with Gasteiger partial charge < -0.3 is 9.94 Å². The summed E-state index contributed by atoms with van der Waals surface area (Å²) in [4.78, 5) is 22.6. The molecule has 0 aliphatic carbocycles. The van der Waals surface area contributed by atoms with E-state index in [9.17, 15) is 9.59 Å². The molecule has 0 aromatic heterocycles. The highest BCUT2D eigenvalue weighted by Crippen LogP contribution is 2.02. The molecule has 5 heteroatoms. The minimum absolute atomic E-state index is 0.260. The molecule has 15 heavy (non-hydrogen) atoms. The van der Waals surface area contributed by atoms with Gasteiger partial charge in [0.2, 0.25) is 11.5 Å². The first kappa shape index (κ1) is 10.9. The van der Waals surface area contributed by atoms with E-state index >= 15 is 0 Å². The molecule has 0 saturated carbocycles. The predicted molar refractivity (Wildman–Crippen MR) is 52.0 cm³/mol. The number of ketones is 1. The molecular weight excluding hydrogens is 198 g/mol. The third-order valence-electron chi connectivity index (χ3n) is 1.73. The van der Waals surface area contributed by atoms with Crippen molar-refractivity contribution in [2.45, 2.75) is 0 Å². The first-order valence-electron chi connectivity index (χ1n) is 4.10. The lowest BCUT2D eigenvalue weighted by Gasteiger charge is -2.00. The fourth-order valence-corrected chi connectivity index (χ4v) is 1.00. The second-order valence-corrected chi connectivity index (χ2v) is 2.64. The summed E-state index contributed by atoms with van der Waals surface area (Å²) in [5.41, 5.74) is -0.376. The summed E-state index contributed by atoms with van der Waals surface area (Å²) in [5.74, 6) is -1.64. The highest BCUT2D eigenvalue weighted by molar-refractivity contribution is 6.67. The standard InChI is InChI=1S/C10H9NO4/c1-15-10(13)8(11-14)9(12)7-5-3-2-4-6-7/h2-6,14H,1H3. The zero-order chi connectivity index (χ0) is 11.3. The molecule has 0 bridgehead atoms. The van der Waals surface area contributed by atoms with Gasteiger partial charge in [-0.25, -0.2) is 4.79 Å². The third-order valence-corrected chi connectivity index (χ3v) is 1.73. The Bertz CT molecular complexity index is 397. The monoisotopic (exact) mass is 207 g/mol. The fraction of sp³-hybridized carbons (Fsp3) is 0.100. The Balaban J connectivity index is 2.99. The zero-order valence-corrected chi connectivity index (χ0v) is 8.01. The maximum absolute atomic E-state index is 11.6. The van der Waals surface area contributed by atoms with Crippen molar-refractivity contribution in [2.24, 2.45) is 5.16 Å². The first-order valence-corrected chi connectivity index (χ1v) is 4.10. The molecule has 1 rings (SSSR count). The molecule has 1 N–H and O–H groups in total. The number of ether oxygens (including phenoxy) is 1. The summed E-state index contributed by atoms with van der Waals surface area (Å²) in [5, 5.41) is 11.2. The van der Waals surface area contributed by atoms with Crippen molar-refractivity contribution in [3.8, 4) is 0 Å². The molecule has 1 aromatic carbocycles. The van der Waals surface area contributed by atoms with Gasteiger partial charge in [0.1, 0.15) is 0 Å². The molecule has 0 spiro atoms. The van der Waals surface area contributed by atoms with Crippen LogP contribution in [0.4, 0.5) is 0 Å². The molecule has 1 aromatic rings. The SMILES string of the molecule is COC(=O)C(=NO)C(=O)c1ccccc1. The molecule has 0 radical (unpaired) electrons. The fourth-order valence-electron chi connectivity index (χ4n) is 1.00. The van der Waals surface area contributed by atoms with Crippen molar-refractivity contribution >= 4 is 17.5 Å². The highest BCUT2D eigenvalue weighted by atomic mass is 16.5. The molecule has 0 heterocycles. The number of carbonyl (C=O) groups is 2. The molecular formula is C10H9NO4. The van der Waals surface area contributed by atoms with Gasteiger partial charge in [0, 0.05) is 5.56 Å². The topological polar surface area (TPSA) is 76.0 Å². The second-order valence-electron chi connectivity index (χ2n) is 2.64. The molecule has 78 valence electrons. The van der Waals surface area contributed by atoms with E-state index < -0.39 is 17.5 Å². The smallest absolute Gasteiger partial charge is 0.364 e. The number of hydrogen-bond donors (Lipinski definition) is 1. The van der Waals surface area contributed by atoms with Crippen LogP contribution in [0, 0.1) is 0 Å². The Kier molecular flexibility index (Phi) is 3.56. The number of Topliss-reactive ketones (excluding diaryl/α,β-unsaturated/α-hetero) is 1. The van der Waals surface area contributed by atoms with Gasteiger partial charge >= 0.3 is 5.97 Å². The highest BCUT2D eigenvalue weighted by Gasteiger charge is 2.23. The molecule has 5 nitrogen and oxygen atoms in total. The quantitative estimate of drug-likeness (QED) is 0.199. The van der Waals surface area contributed by atoms with Crippen LogP contribution in [0.2, 0.25) is 0 Å². The third kappa shape index (κ3) is 2.40. The van der Waals surface area contributed by atoms with Crippen LogP contribution in [0.1, 0.15) is 10.4 Å². The number of methoxy groups -OCH3 is 1. The minimum atomic E-state index is -0.966. The number of nitrogens with zero attached hydrogens (tertiary/aromatic N) is 1. The van der Waals surface area contributed by atoms with Gasteiger partial charge in [-0.2, -0.15) is 0 Å². The van der Waals surface area contributed by atoms with Gasteiger partial charge in [0.25, 0.3) is 0 Å². The number of rotatable bonds is 3. The van der Waals surface area contributed by atoms with Crippen LogP contribution in [0.3, 0.4) is 0 Å². The maximum atomic E-state index is 11.6. The van der Waals surface area contributed by atoms with E-state index in [-0.39, 0.29) is 5.56 Å². The minimum Gasteiger partial charge on any atom is -0.464 e. The van der Waals surface area contributed by atoms with Gasteiger partial charge in [0.15, 0.2) is 0 Å². The summed E-state index contributed by atoms with van der Waals surface area (Å²) < 4.78 is 4.30. The van der Waals surface area contributed by atoms with Gasteiger partial charge in [-0.3, -0.25) is 4.79 Å². The number of benzene rings is 1. The Morgan fingerprint density at radius 2 is 1.87 bits per heavy atom. The van der Waals surface area contributed by atoms with Crippen LogP contribution in [-0.4, -0.2) is 29.8 Å². The summed E-state index contributed by atoms with van der Waals surface area (Å²) in [6.07, 6.45) is 0. The Morgan fingerprint density at radius 1 is 1.27 bits per heavy atom. The van der Waals surface area contributed by atoms with Crippen LogP contribution in [0.5, 0.6) is 0 Å². The molecule has 0 aliphatic rings. The van der Waals surface area contributed by atoms with E-state index in [1.165, 1.54) is 12.1 Å². The van der Waals surface area contributed by atoms with E-state index in [4.69, 9.17) is 5.21 Å². The van der Waals surface area contributed by atoms with Crippen molar-refractivity contribution in [1.82, 2.24) is 0 Å². The van der Waals surface area contributed by atoms with Crippen molar-refractivity contribution < 1.29 is 19.5 Å². The lowest BCUT2D eigenvalue weighted by Crippen LogP contribution is -2.25. The average molecular weight is 207 g/mol. The largest absolute Gasteiger partial charge is 0.464 e. The van der Waals surface area contributed by atoms with Gasteiger partial charge in [-0.05, 0) is 0 Å². The number of esters is 1. The number of carbonyl (C=O) groups excluding carboxylic acids is 2. The van der Waals surface area contributed by atoms with Crippen molar-refractivity contribution in [3.05, 3.63) is 35.9 Å². The van der Waals surface area contributed by atoms with E-state index in [1.807, 2.05) is 0 Å². The van der Waals surface area contributed by atoms with E-state index in [0.29, 0.717) is 0 Å². The number of hydrogen-bond acceptors (Lipinski definition) is 5. The Morgan fingerprint density at radius 3 is 2.33 bits per heavy atom. The predicted octanol–water partition coefficient (Wildman–Crippen LogP) is 0.873. The molecule has 0 saturated heterocycles. The molecule has 0 amide bonds. The lowest BCUT2D eigenvalue weighted by atomic mass is 10.1. The van der Waals surface area contributed by atoms with Crippen molar-refractivity contribution in [3.63, 3.8) is 0 Å². The summed E-state index contributed by atoms with van der Waals surface area (Å²) in [6.45, 7) is 0. The average Bonchev–Trinajstić information content (AvgIpc) is 2.30. The zero-order valence-electron chi connectivity index (χ0n) is 8.01. The second kappa shape index (κ2) is 4.90. The van der Waals surface area contributed by atoms with Crippen LogP contribution in [0.25, 0.3) is 0 Å². The Hall–Kier alpha value is -2.17. The van der Waals surface area contributed by atoms with Crippen LogP contribution < -0.4 is 0 Å². The van der Waals surface area contributed by atoms with E-state index in [0.717, 1.165) is 7.11 Å². The molecule has 0 fully saturated rings. The van der Waals surface area contributed by atoms with Crippen LogP contribution in [0.15, 0.2) is 35.5 Å². The van der Waals surface area contributed by atoms with E-state index in [2.05, 4.69) is 9.89 Å². The lowest BCUT2D eigenvalue weighted by molar-refractivity contribution is -0.132. The van der Waals surface area contributed by atoms with Crippen molar-refractivity contribution in [2.75, 3.05) is 7.11 Å². The van der Waals surface area contributed by atoms with Crippen LogP contribution in [-0.2, 0) is 9.53 Å². The maximum Gasteiger partial charge on any atom is 0.364 e. The van der Waals surface area contributed by atoms with Gasteiger partial charge in [0.05, 0.1) is 7.11 Å². The first-order chi connectivity index (χ1) is 7.20. The Labute approximate surface area is 86.0 Å². The molecule has 0 atom stereocenters. The molecule has 0 aliphatic heterocycles. The number of oxime groups is 1. The molecule has 0 unspecified atom stereocenters. The normalized spacial score (nSPS) is 10.9. The summed E-state index contributed by atoms with van der Waals surface area (Å²) >= 11 is 0. The summed E-state index contributed by atoms with van der Waals surface area (Å²) in [6, 6.07) is 8.02. The summed E-state index contributed by atoms with van der Waals surface area (Å²) in [7, 11) is 1.10. The van der Waals surface area contributed by atoms with Crippen molar-refractivity contribution in [1.29, 1.82) is 0 Å².